The Morgan fingerprint density at radius 2 is 0.554 bits per heavy atom. The molecule has 0 amide bonds. The van der Waals surface area contributed by atoms with Gasteiger partial charge in [0.05, 0.1) is 26.4 Å². The number of hydrogen-bond donors (Lipinski definition) is 3. The summed E-state index contributed by atoms with van der Waals surface area (Å²) in [4.78, 5) is 72.3. The van der Waals surface area contributed by atoms with E-state index >= 15 is 0 Å². The molecule has 92 heavy (non-hydrogen) atoms. The lowest BCUT2D eigenvalue weighted by Gasteiger charge is -2.21. The van der Waals surface area contributed by atoms with E-state index in [2.05, 4.69) is 41.5 Å². The predicted molar refractivity (Wildman–Crippen MR) is 372 cm³/mol. The lowest BCUT2D eigenvalue weighted by molar-refractivity contribution is -0.161. The van der Waals surface area contributed by atoms with Gasteiger partial charge in [0.1, 0.15) is 19.3 Å². The van der Waals surface area contributed by atoms with Gasteiger partial charge in [0.2, 0.25) is 0 Å². The van der Waals surface area contributed by atoms with Crippen molar-refractivity contribution in [2.24, 2.45) is 11.8 Å². The maximum Gasteiger partial charge on any atom is 0.472 e. The van der Waals surface area contributed by atoms with E-state index in [4.69, 9.17) is 37.0 Å². The van der Waals surface area contributed by atoms with E-state index < -0.39 is 97.5 Å². The van der Waals surface area contributed by atoms with Gasteiger partial charge in [-0.25, -0.2) is 9.13 Å². The Kier molecular flexibility index (Phi) is 63.7. The first-order valence-electron chi connectivity index (χ1n) is 38.0. The zero-order valence-corrected chi connectivity index (χ0v) is 61.6. The van der Waals surface area contributed by atoms with Crippen molar-refractivity contribution in [3.8, 4) is 0 Å². The number of phosphoric acid groups is 2. The average Bonchev–Trinajstić information content (AvgIpc) is 2.58. The Morgan fingerprint density at radius 1 is 0.315 bits per heavy atom. The van der Waals surface area contributed by atoms with Crippen LogP contribution >= 0.6 is 15.6 Å². The number of ether oxygens (including phenoxy) is 4. The van der Waals surface area contributed by atoms with Gasteiger partial charge in [-0.1, -0.05) is 324 Å². The van der Waals surface area contributed by atoms with E-state index in [0.29, 0.717) is 31.6 Å². The van der Waals surface area contributed by atoms with Crippen molar-refractivity contribution in [1.82, 2.24) is 0 Å². The van der Waals surface area contributed by atoms with Crippen LogP contribution in [0.3, 0.4) is 0 Å². The number of phosphoric ester groups is 2. The first-order valence-corrected chi connectivity index (χ1v) is 41.0. The van der Waals surface area contributed by atoms with Crippen molar-refractivity contribution in [2.75, 3.05) is 39.6 Å². The van der Waals surface area contributed by atoms with Crippen molar-refractivity contribution in [3.63, 3.8) is 0 Å². The van der Waals surface area contributed by atoms with Gasteiger partial charge in [0.25, 0.3) is 0 Å². The number of carbonyl (C=O) groups is 4. The minimum absolute atomic E-state index is 0.103. The molecule has 0 heterocycles. The molecule has 0 aromatic heterocycles. The van der Waals surface area contributed by atoms with Crippen molar-refractivity contribution < 1.29 is 80.2 Å². The fraction of sp³-hybridized carbons (Fsp3) is 0.945. The normalized spacial score (nSPS) is 14.4. The lowest BCUT2D eigenvalue weighted by Crippen LogP contribution is -2.30. The molecule has 0 spiro atoms. The number of unbranched alkanes of at least 4 members (excludes halogenated alkanes) is 41. The average molecular weight is 1350 g/mol. The molecule has 0 aliphatic carbocycles. The molecule has 546 valence electrons. The van der Waals surface area contributed by atoms with Crippen LogP contribution in [0.5, 0.6) is 0 Å². The molecule has 0 aromatic rings. The highest BCUT2D eigenvalue weighted by atomic mass is 31.2. The van der Waals surface area contributed by atoms with E-state index in [1.165, 1.54) is 186 Å². The van der Waals surface area contributed by atoms with Crippen LogP contribution in [0.1, 0.15) is 375 Å². The molecule has 0 fully saturated rings. The maximum absolute atomic E-state index is 13.1. The second-order valence-corrected chi connectivity index (χ2v) is 30.0. The van der Waals surface area contributed by atoms with Crippen molar-refractivity contribution in [3.05, 3.63) is 0 Å². The van der Waals surface area contributed by atoms with Gasteiger partial charge in [-0.2, -0.15) is 0 Å². The predicted octanol–water partition coefficient (Wildman–Crippen LogP) is 21.2. The number of hydrogen-bond acceptors (Lipinski definition) is 15. The number of aliphatic hydroxyl groups is 1. The monoisotopic (exact) mass is 1350 g/mol. The molecule has 0 saturated carbocycles. The summed E-state index contributed by atoms with van der Waals surface area (Å²) in [6, 6.07) is 0. The zero-order chi connectivity index (χ0) is 67.9. The third kappa shape index (κ3) is 65.4. The molecule has 3 unspecified atom stereocenters. The van der Waals surface area contributed by atoms with Crippen LogP contribution < -0.4 is 0 Å². The molecule has 17 nitrogen and oxygen atoms in total. The number of carbonyl (C=O) groups excluding carboxylic acids is 4. The van der Waals surface area contributed by atoms with Crippen LogP contribution in [0.25, 0.3) is 0 Å². The molecule has 0 aromatic carbocycles. The Balaban J connectivity index is 5.10. The molecule has 3 N–H and O–H groups in total. The van der Waals surface area contributed by atoms with Gasteiger partial charge in [-0.05, 0) is 37.5 Å². The molecule has 0 saturated heterocycles. The summed E-state index contributed by atoms with van der Waals surface area (Å²) in [6.45, 7) is 9.48. The summed E-state index contributed by atoms with van der Waals surface area (Å²) in [5.74, 6) is -0.567. The van der Waals surface area contributed by atoms with E-state index in [-0.39, 0.29) is 25.7 Å². The number of rotatable bonds is 72. The Hall–Kier alpha value is -1.94. The molecule has 0 bridgehead atoms. The zero-order valence-electron chi connectivity index (χ0n) is 59.9. The van der Waals surface area contributed by atoms with Crippen LogP contribution in [0.15, 0.2) is 0 Å². The summed E-state index contributed by atoms with van der Waals surface area (Å²) in [7, 11) is -9.89. The smallest absolute Gasteiger partial charge is 0.462 e. The minimum Gasteiger partial charge on any atom is -0.462 e. The van der Waals surface area contributed by atoms with E-state index in [1.54, 1.807) is 0 Å². The van der Waals surface area contributed by atoms with Crippen LogP contribution in [-0.2, 0) is 65.4 Å². The highest BCUT2D eigenvalue weighted by molar-refractivity contribution is 7.47. The Labute approximate surface area is 562 Å². The van der Waals surface area contributed by atoms with Crippen LogP contribution in [-0.4, -0.2) is 96.7 Å². The molecular weight excluding hydrogens is 1210 g/mol. The maximum atomic E-state index is 13.1. The third-order valence-corrected chi connectivity index (χ3v) is 19.2. The van der Waals surface area contributed by atoms with Gasteiger partial charge in [0, 0.05) is 25.7 Å². The fourth-order valence-electron chi connectivity index (χ4n) is 11.1. The lowest BCUT2D eigenvalue weighted by atomic mass is 9.99. The summed E-state index contributed by atoms with van der Waals surface area (Å²) in [6.07, 6.45) is 51.9. The molecule has 0 aliphatic heterocycles. The fourth-order valence-corrected chi connectivity index (χ4v) is 12.7. The Bertz CT molecular complexity index is 1790. The summed E-state index contributed by atoms with van der Waals surface area (Å²) in [5, 5.41) is 10.6. The minimum atomic E-state index is -4.95. The van der Waals surface area contributed by atoms with Gasteiger partial charge >= 0.3 is 39.5 Å². The van der Waals surface area contributed by atoms with Gasteiger partial charge in [-0.15, -0.1) is 0 Å². The molecule has 0 radical (unpaired) electrons. The van der Waals surface area contributed by atoms with Crippen molar-refractivity contribution >= 4 is 39.5 Å². The topological polar surface area (TPSA) is 237 Å². The van der Waals surface area contributed by atoms with E-state index in [0.717, 1.165) is 102 Å². The molecule has 19 heteroatoms. The van der Waals surface area contributed by atoms with Crippen LogP contribution in [0.4, 0.5) is 0 Å². The van der Waals surface area contributed by atoms with Crippen LogP contribution in [0.2, 0.25) is 0 Å². The van der Waals surface area contributed by atoms with Gasteiger partial charge < -0.3 is 33.8 Å². The second-order valence-electron chi connectivity index (χ2n) is 27.1. The Morgan fingerprint density at radius 3 is 0.826 bits per heavy atom. The third-order valence-electron chi connectivity index (χ3n) is 17.3. The second kappa shape index (κ2) is 65.0. The number of esters is 4. The SMILES string of the molecule is CCCCCCCCCCCCCCCCCC(=O)OC[C@H](COP(=O)(O)OC[C@@H](O)COP(=O)(O)OC[C@@H](COC(=O)CCCCCCC)OC(=O)CCCCCCCCCC(C)C)OC(=O)CCCCCCCCCCCCCCCCCCCCC(C)CC. The van der Waals surface area contributed by atoms with Crippen molar-refractivity contribution in [1.29, 1.82) is 0 Å². The summed E-state index contributed by atoms with van der Waals surface area (Å²) >= 11 is 0. The highest BCUT2D eigenvalue weighted by Gasteiger charge is 2.30. The summed E-state index contributed by atoms with van der Waals surface area (Å²) in [5.41, 5.74) is 0. The number of aliphatic hydroxyl groups excluding tert-OH is 1. The molecule has 0 aliphatic rings. The largest absolute Gasteiger partial charge is 0.472 e. The van der Waals surface area contributed by atoms with Gasteiger partial charge in [-0.3, -0.25) is 37.3 Å². The first-order chi connectivity index (χ1) is 44.4. The summed E-state index contributed by atoms with van der Waals surface area (Å²) < 4.78 is 68.1. The molecular formula is C73H142O17P2. The molecule has 6 atom stereocenters. The highest BCUT2D eigenvalue weighted by Crippen LogP contribution is 2.45. The first kappa shape index (κ1) is 90.1. The quantitative estimate of drug-likeness (QED) is 0.0222. The van der Waals surface area contributed by atoms with Crippen LogP contribution in [0, 0.1) is 11.8 Å². The van der Waals surface area contributed by atoms with Crippen molar-refractivity contribution in [2.45, 2.75) is 394 Å². The molecule has 0 rings (SSSR count). The van der Waals surface area contributed by atoms with E-state index in [1.807, 2.05) is 0 Å². The van der Waals surface area contributed by atoms with E-state index in [9.17, 15) is 43.2 Å². The standard InChI is InChI=1S/C73H142O17P2/c1-7-10-12-14-15-16-17-18-23-27-30-33-38-44-50-56-71(76)84-62-69(90-72(77)57-51-45-39-34-31-28-25-22-20-19-21-24-26-29-32-37-43-48-54-66(6)9-3)64-88-92(81,82)86-60-67(74)59-85-91(79,80)87-63-68(61-83-70(75)55-49-41-13-11-8-2)89-73(78)58-52-46-40-35-36-42-47-53-65(4)5/h65-69,74H,7-64H2,1-6H3,(H,79,80)(H,81,82)/t66?,67-,68+,69+/m0/s1. The van der Waals surface area contributed by atoms with Gasteiger partial charge in [0.15, 0.2) is 12.2 Å².